The second kappa shape index (κ2) is 8.16. The summed E-state index contributed by atoms with van der Waals surface area (Å²) in [4.78, 5) is 6.98. The Kier molecular flexibility index (Phi) is 5.44. The molecular formula is C21H22F2N4O2. The first-order valence-electron chi connectivity index (χ1n) is 9.43. The lowest BCUT2D eigenvalue weighted by Crippen LogP contribution is -2.36. The van der Waals surface area contributed by atoms with Crippen LogP contribution < -0.4 is 9.64 Å². The molecule has 3 heterocycles. The smallest absolute Gasteiger partial charge is 0.387 e. The standard InChI is InChI=1S/C21H22F2N4O2/c1-14-15(2)24-20(13-19(14)26-8-10-28-11-9-26)27-7-6-18(25-27)16-4-3-5-17(12-16)29-21(22)23/h3-7,12-13,21H,8-11H2,1-2H3. The number of alkyl halides is 2. The van der Waals surface area contributed by atoms with E-state index in [9.17, 15) is 8.78 Å². The maximum Gasteiger partial charge on any atom is 0.387 e. The van der Waals surface area contributed by atoms with E-state index in [2.05, 4.69) is 26.6 Å². The number of benzene rings is 1. The van der Waals surface area contributed by atoms with Crippen molar-refractivity contribution in [2.45, 2.75) is 20.5 Å². The zero-order chi connectivity index (χ0) is 20.4. The summed E-state index contributed by atoms with van der Waals surface area (Å²) in [6.45, 7) is 4.29. The van der Waals surface area contributed by atoms with Gasteiger partial charge in [0.15, 0.2) is 5.82 Å². The van der Waals surface area contributed by atoms with Crippen LogP contribution in [0, 0.1) is 13.8 Å². The molecule has 0 bridgehead atoms. The average Bonchev–Trinajstić information content (AvgIpc) is 3.21. The van der Waals surface area contributed by atoms with Crippen LogP contribution in [0.4, 0.5) is 14.5 Å². The van der Waals surface area contributed by atoms with Crippen molar-refractivity contribution in [3.05, 3.63) is 53.9 Å². The molecule has 1 saturated heterocycles. The Morgan fingerprint density at radius 2 is 1.90 bits per heavy atom. The Labute approximate surface area is 167 Å². The Hall–Kier alpha value is -3.00. The van der Waals surface area contributed by atoms with Crippen molar-refractivity contribution < 1.29 is 18.3 Å². The number of nitrogens with zero attached hydrogens (tertiary/aromatic N) is 4. The third-order valence-electron chi connectivity index (χ3n) is 5.01. The molecule has 0 spiro atoms. The lowest BCUT2D eigenvalue weighted by Gasteiger charge is -2.30. The number of ether oxygens (including phenoxy) is 2. The summed E-state index contributed by atoms with van der Waals surface area (Å²) < 4.78 is 36.6. The van der Waals surface area contributed by atoms with Crippen LogP contribution in [0.2, 0.25) is 0 Å². The highest BCUT2D eigenvalue weighted by molar-refractivity contribution is 5.62. The van der Waals surface area contributed by atoms with Gasteiger partial charge in [0, 0.05) is 42.3 Å². The van der Waals surface area contributed by atoms with Gasteiger partial charge in [-0.1, -0.05) is 12.1 Å². The van der Waals surface area contributed by atoms with Gasteiger partial charge in [0.05, 0.1) is 18.9 Å². The number of pyridine rings is 1. The molecule has 3 aromatic rings. The van der Waals surface area contributed by atoms with Gasteiger partial charge < -0.3 is 14.4 Å². The normalized spacial score (nSPS) is 14.4. The Morgan fingerprint density at radius 1 is 1.10 bits per heavy atom. The Balaban J connectivity index is 1.65. The summed E-state index contributed by atoms with van der Waals surface area (Å²) in [5, 5.41) is 4.60. The number of rotatable bonds is 5. The van der Waals surface area contributed by atoms with Gasteiger partial charge in [-0.3, -0.25) is 0 Å². The highest BCUT2D eigenvalue weighted by Crippen LogP contribution is 2.27. The van der Waals surface area contributed by atoms with E-state index in [4.69, 9.17) is 4.74 Å². The fourth-order valence-electron chi connectivity index (χ4n) is 3.39. The predicted molar refractivity (Wildman–Crippen MR) is 106 cm³/mol. The first-order chi connectivity index (χ1) is 14.0. The minimum Gasteiger partial charge on any atom is -0.435 e. The van der Waals surface area contributed by atoms with Crippen molar-refractivity contribution >= 4 is 5.69 Å². The lowest BCUT2D eigenvalue weighted by molar-refractivity contribution is -0.0498. The molecule has 1 aliphatic heterocycles. The van der Waals surface area contributed by atoms with Crippen LogP contribution in [0.5, 0.6) is 5.75 Å². The summed E-state index contributed by atoms with van der Waals surface area (Å²) in [5.74, 6) is 0.812. The molecular weight excluding hydrogens is 378 g/mol. The molecule has 1 aromatic carbocycles. The lowest BCUT2D eigenvalue weighted by atomic mass is 10.1. The fourth-order valence-corrected chi connectivity index (χ4v) is 3.39. The average molecular weight is 400 g/mol. The maximum atomic E-state index is 12.5. The zero-order valence-corrected chi connectivity index (χ0v) is 16.3. The SMILES string of the molecule is Cc1nc(-n2ccc(-c3cccc(OC(F)F)c3)n2)cc(N2CCOCC2)c1C. The number of hydrogen-bond donors (Lipinski definition) is 0. The molecule has 6 nitrogen and oxygen atoms in total. The van der Waals surface area contributed by atoms with Gasteiger partial charge >= 0.3 is 6.61 Å². The van der Waals surface area contributed by atoms with Crippen molar-refractivity contribution in [2.75, 3.05) is 31.2 Å². The number of hydrogen-bond acceptors (Lipinski definition) is 5. The van der Waals surface area contributed by atoms with Gasteiger partial charge in [0.2, 0.25) is 0 Å². The van der Waals surface area contributed by atoms with Crippen LogP contribution in [0.15, 0.2) is 42.6 Å². The summed E-state index contributed by atoms with van der Waals surface area (Å²) in [6.07, 6.45) is 1.82. The van der Waals surface area contributed by atoms with Gasteiger partial charge in [-0.25, -0.2) is 9.67 Å². The largest absolute Gasteiger partial charge is 0.435 e. The van der Waals surface area contributed by atoms with E-state index in [1.807, 2.05) is 25.3 Å². The van der Waals surface area contributed by atoms with E-state index < -0.39 is 6.61 Å². The van der Waals surface area contributed by atoms with E-state index in [0.717, 1.165) is 30.0 Å². The van der Waals surface area contributed by atoms with Gasteiger partial charge in [0.25, 0.3) is 0 Å². The van der Waals surface area contributed by atoms with Gasteiger partial charge in [-0.2, -0.15) is 13.9 Å². The molecule has 0 saturated carbocycles. The third kappa shape index (κ3) is 4.22. The topological polar surface area (TPSA) is 52.4 Å². The van der Waals surface area contributed by atoms with Crippen LogP contribution in [0.25, 0.3) is 17.1 Å². The van der Waals surface area contributed by atoms with Crippen LogP contribution in [-0.4, -0.2) is 47.7 Å². The Morgan fingerprint density at radius 3 is 2.66 bits per heavy atom. The summed E-state index contributed by atoms with van der Waals surface area (Å²) in [5.41, 5.74) is 4.55. The highest BCUT2D eigenvalue weighted by Gasteiger charge is 2.17. The van der Waals surface area contributed by atoms with Crippen molar-refractivity contribution in [1.29, 1.82) is 0 Å². The first-order valence-corrected chi connectivity index (χ1v) is 9.43. The summed E-state index contributed by atoms with van der Waals surface area (Å²) in [6, 6.07) is 10.4. The quantitative estimate of drug-likeness (QED) is 0.648. The minimum absolute atomic E-state index is 0.103. The van der Waals surface area contributed by atoms with E-state index in [0.29, 0.717) is 30.3 Å². The van der Waals surface area contributed by atoms with Crippen molar-refractivity contribution in [1.82, 2.24) is 14.8 Å². The molecule has 0 aliphatic carbocycles. The van der Waals surface area contributed by atoms with Gasteiger partial charge in [-0.15, -0.1) is 0 Å². The number of anilines is 1. The van der Waals surface area contributed by atoms with Crippen LogP contribution in [-0.2, 0) is 4.74 Å². The van der Waals surface area contributed by atoms with Crippen LogP contribution in [0.3, 0.4) is 0 Å². The van der Waals surface area contributed by atoms with E-state index >= 15 is 0 Å². The fraction of sp³-hybridized carbons (Fsp3) is 0.333. The van der Waals surface area contributed by atoms with Crippen molar-refractivity contribution in [2.24, 2.45) is 0 Å². The second-order valence-electron chi connectivity index (χ2n) is 6.86. The number of aromatic nitrogens is 3. The van der Waals surface area contributed by atoms with Crippen molar-refractivity contribution in [3.63, 3.8) is 0 Å². The number of aryl methyl sites for hydroxylation is 1. The molecule has 2 aromatic heterocycles. The molecule has 152 valence electrons. The zero-order valence-electron chi connectivity index (χ0n) is 16.3. The summed E-state index contributed by atoms with van der Waals surface area (Å²) in [7, 11) is 0. The first kappa shape index (κ1) is 19.3. The monoisotopic (exact) mass is 400 g/mol. The van der Waals surface area contributed by atoms with Gasteiger partial charge in [-0.05, 0) is 37.6 Å². The van der Waals surface area contributed by atoms with E-state index in [1.165, 1.54) is 6.07 Å². The predicted octanol–water partition coefficient (Wildman–Crippen LogP) is 3.99. The third-order valence-corrected chi connectivity index (χ3v) is 5.01. The van der Waals surface area contributed by atoms with E-state index in [1.54, 1.807) is 22.9 Å². The molecule has 1 fully saturated rings. The van der Waals surface area contributed by atoms with E-state index in [-0.39, 0.29) is 5.75 Å². The highest BCUT2D eigenvalue weighted by atomic mass is 19.3. The molecule has 0 atom stereocenters. The second-order valence-corrected chi connectivity index (χ2v) is 6.86. The Bertz CT molecular complexity index is 1000. The number of halogens is 2. The molecule has 0 amide bonds. The molecule has 0 unspecified atom stereocenters. The van der Waals surface area contributed by atoms with Crippen LogP contribution in [0.1, 0.15) is 11.3 Å². The van der Waals surface area contributed by atoms with Gasteiger partial charge in [0.1, 0.15) is 5.75 Å². The van der Waals surface area contributed by atoms with Crippen LogP contribution >= 0.6 is 0 Å². The maximum absolute atomic E-state index is 12.5. The molecule has 4 rings (SSSR count). The molecule has 0 radical (unpaired) electrons. The summed E-state index contributed by atoms with van der Waals surface area (Å²) >= 11 is 0. The minimum atomic E-state index is -2.86. The van der Waals surface area contributed by atoms with Crippen molar-refractivity contribution in [3.8, 4) is 22.8 Å². The molecule has 0 N–H and O–H groups in total. The number of morpholine rings is 1. The molecule has 1 aliphatic rings. The molecule has 8 heteroatoms. The molecule has 29 heavy (non-hydrogen) atoms.